The monoisotopic (exact) mass is 1270 g/mol. The molecule has 0 spiro atoms. The molecule has 0 bridgehead atoms. The number of para-hydroxylation sites is 2. The molecule has 0 atom stereocenters. The fourth-order valence-electron chi connectivity index (χ4n) is 15.8. The first kappa shape index (κ1) is 62.3. The number of hydrogen-bond donors (Lipinski definition) is 0. The van der Waals surface area contributed by atoms with Crippen molar-refractivity contribution in [2.45, 2.75) is 143 Å². The van der Waals surface area contributed by atoms with E-state index in [4.69, 9.17) is 15.0 Å². The second kappa shape index (κ2) is 21.8. The lowest BCUT2D eigenvalue weighted by molar-refractivity contribution is 0.568. The van der Waals surface area contributed by atoms with E-state index in [-0.39, 0.29) is 32.5 Å². The van der Waals surface area contributed by atoms with E-state index in [0.29, 0.717) is 23.0 Å². The highest BCUT2D eigenvalue weighted by Gasteiger charge is 2.39. The molecule has 14 aromatic rings. The van der Waals surface area contributed by atoms with Crippen molar-refractivity contribution >= 4 is 43.6 Å². The van der Waals surface area contributed by atoms with Crippen LogP contribution in [0.4, 0.5) is 0 Å². The number of rotatable bonds is 7. The van der Waals surface area contributed by atoms with Gasteiger partial charge in [-0.25, -0.2) is 15.0 Å². The average Bonchev–Trinajstić information content (AvgIpc) is 1.54. The summed E-state index contributed by atoms with van der Waals surface area (Å²) in [7, 11) is 0. The highest BCUT2D eigenvalue weighted by molar-refractivity contribution is 6.14. The van der Waals surface area contributed by atoms with Crippen molar-refractivity contribution < 1.29 is 0 Å². The minimum absolute atomic E-state index is 0.158. The molecule has 0 fully saturated rings. The molecule has 98 heavy (non-hydrogen) atoms. The third-order valence-electron chi connectivity index (χ3n) is 21.6. The predicted molar refractivity (Wildman–Crippen MR) is 410 cm³/mol. The van der Waals surface area contributed by atoms with Gasteiger partial charge < -0.3 is 9.13 Å². The highest BCUT2D eigenvalue weighted by atomic mass is 15.0. The van der Waals surface area contributed by atoms with Gasteiger partial charge in [-0.3, -0.25) is 0 Å². The Morgan fingerprint density at radius 3 is 1.10 bits per heavy atom. The largest absolute Gasteiger partial charge is 0.309 e. The first-order valence-electron chi connectivity index (χ1n) is 34.8. The van der Waals surface area contributed by atoms with Gasteiger partial charge in [-0.2, -0.15) is 5.26 Å². The van der Waals surface area contributed by atoms with E-state index in [1.807, 2.05) is 18.2 Å². The van der Waals surface area contributed by atoms with Crippen LogP contribution in [0.25, 0.3) is 134 Å². The van der Waals surface area contributed by atoms with Crippen LogP contribution in [0.5, 0.6) is 0 Å². The fourth-order valence-corrected chi connectivity index (χ4v) is 15.8. The number of fused-ring (bicyclic) bond motifs is 12. The second-order valence-corrected chi connectivity index (χ2v) is 32.9. The molecule has 0 saturated carbocycles. The number of hydrogen-bond acceptors (Lipinski definition) is 4. The van der Waals surface area contributed by atoms with E-state index < -0.39 is 0 Å². The number of aromatic nitrogens is 5. The summed E-state index contributed by atoms with van der Waals surface area (Å²) in [6, 6.07) is 83.9. The van der Waals surface area contributed by atoms with Crippen LogP contribution >= 0.6 is 0 Å². The maximum absolute atomic E-state index is 10.5. The molecule has 11 aromatic carbocycles. The molecule has 0 radical (unpaired) electrons. The fraction of sp³-hybridized carbons (Fsp3) is 0.239. The Balaban J connectivity index is 1.05. The van der Waals surface area contributed by atoms with Crippen molar-refractivity contribution in [3.8, 4) is 96.1 Å². The molecule has 2 aliphatic rings. The van der Waals surface area contributed by atoms with Gasteiger partial charge in [-0.15, -0.1) is 0 Å². The smallest absolute Gasteiger partial charge is 0.164 e. The second-order valence-electron chi connectivity index (χ2n) is 32.9. The summed E-state index contributed by atoms with van der Waals surface area (Å²) in [6.45, 7) is 37.0. The van der Waals surface area contributed by atoms with Crippen LogP contribution in [0.2, 0.25) is 0 Å². The van der Waals surface area contributed by atoms with E-state index in [0.717, 1.165) is 72.4 Å². The van der Waals surface area contributed by atoms with E-state index >= 15 is 0 Å². The molecule has 0 N–H and O–H groups in total. The van der Waals surface area contributed by atoms with Crippen LogP contribution in [0, 0.1) is 11.3 Å². The molecule has 16 rings (SSSR count). The zero-order chi connectivity index (χ0) is 68.5. The van der Waals surface area contributed by atoms with Crippen LogP contribution < -0.4 is 0 Å². The average molecular weight is 1270 g/mol. The lowest BCUT2D eigenvalue weighted by Gasteiger charge is -2.26. The van der Waals surface area contributed by atoms with Crippen molar-refractivity contribution in [1.82, 2.24) is 24.1 Å². The third kappa shape index (κ3) is 9.97. The standard InChI is InChI=1S/C92H84N6/c1-87(2,3)60-41-58(42-61(47-60)88(4,5)6)85-94-84(95-86(96-85)59-43-62(89(7,8)9)48-63(44-59)90(10,11)12)57-37-39-81(98-79-35-24-20-31-67(79)73-50-69-65-29-18-22-33-75(65)92(15,16)77(69)52-83(73)98)71(46-57)70-45-56(55-27-25-26-54(40-55)53-93)36-38-80(70)97-78-34-23-19-30-66(78)72-49-68-64-28-17-21-32-74(64)91(13,14)76(68)51-82(72)97/h17-52H,1-16H3. The molecule has 0 saturated heterocycles. The molecule has 6 heteroatoms. The molecule has 0 aliphatic heterocycles. The van der Waals surface area contributed by atoms with Crippen molar-refractivity contribution in [3.05, 3.63) is 268 Å². The van der Waals surface area contributed by atoms with Crippen LogP contribution in [-0.4, -0.2) is 24.1 Å². The van der Waals surface area contributed by atoms with Crippen LogP contribution in [-0.2, 0) is 32.5 Å². The number of nitriles is 1. The third-order valence-corrected chi connectivity index (χ3v) is 21.6. The summed E-state index contributed by atoms with van der Waals surface area (Å²) in [5.41, 5.74) is 27.9. The van der Waals surface area contributed by atoms with Gasteiger partial charge >= 0.3 is 0 Å². The Morgan fingerprint density at radius 1 is 0.296 bits per heavy atom. The summed E-state index contributed by atoms with van der Waals surface area (Å²) in [5.74, 6) is 1.81. The minimum Gasteiger partial charge on any atom is -0.309 e. The molecule has 3 heterocycles. The van der Waals surface area contributed by atoms with E-state index in [2.05, 4.69) is 326 Å². The predicted octanol–water partition coefficient (Wildman–Crippen LogP) is 24.1. The quantitative estimate of drug-likeness (QED) is 0.159. The summed E-state index contributed by atoms with van der Waals surface area (Å²) in [5, 5.41) is 15.2. The van der Waals surface area contributed by atoms with Crippen LogP contribution in [0.3, 0.4) is 0 Å². The lowest BCUT2D eigenvalue weighted by Crippen LogP contribution is -2.17. The Kier molecular flexibility index (Phi) is 13.8. The van der Waals surface area contributed by atoms with E-state index in [9.17, 15) is 5.26 Å². The summed E-state index contributed by atoms with van der Waals surface area (Å²) in [6.07, 6.45) is 0. The Bertz CT molecular complexity index is 5590. The van der Waals surface area contributed by atoms with Gasteiger partial charge in [-0.1, -0.05) is 226 Å². The molecule has 6 nitrogen and oxygen atoms in total. The molecule has 0 amide bonds. The maximum Gasteiger partial charge on any atom is 0.164 e. The molecule has 3 aromatic heterocycles. The van der Waals surface area contributed by atoms with Gasteiger partial charge in [0.05, 0.1) is 45.1 Å². The molecular formula is C92H84N6. The Morgan fingerprint density at radius 2 is 0.673 bits per heavy atom. The van der Waals surface area contributed by atoms with Gasteiger partial charge in [0.1, 0.15) is 0 Å². The lowest BCUT2D eigenvalue weighted by atomic mass is 9.79. The Labute approximate surface area is 577 Å². The Hall–Kier alpha value is -10.5. The zero-order valence-corrected chi connectivity index (χ0v) is 59.5. The highest BCUT2D eigenvalue weighted by Crippen LogP contribution is 2.54. The SMILES string of the molecule is CC(C)(C)c1cc(-c2nc(-c3cc(C(C)(C)C)cc(C(C)(C)C)c3)nc(-c3ccc(-n4c5ccccc5c5cc6c(cc54)C(C)(C)c4ccccc4-6)c(-c4cc(-c5cccc(C#N)c5)ccc4-n4c5ccccc5c5cc6c(cc54)C(C)(C)c4ccccc4-6)c3)n2)cc(C(C)(C)C)c1. The molecule has 482 valence electrons. The number of nitrogens with zero attached hydrogens (tertiary/aromatic N) is 6. The van der Waals surface area contributed by atoms with Crippen molar-refractivity contribution in [1.29, 1.82) is 5.26 Å². The topological polar surface area (TPSA) is 72.3 Å². The van der Waals surface area contributed by atoms with Crippen molar-refractivity contribution in [2.24, 2.45) is 0 Å². The van der Waals surface area contributed by atoms with Crippen molar-refractivity contribution in [2.75, 3.05) is 0 Å². The number of benzene rings is 11. The first-order valence-corrected chi connectivity index (χ1v) is 34.8. The normalized spacial score (nSPS) is 14.1. The molecular weight excluding hydrogens is 1190 g/mol. The van der Waals surface area contributed by atoms with Gasteiger partial charge in [0.2, 0.25) is 0 Å². The summed E-state index contributed by atoms with van der Waals surface area (Å²) >= 11 is 0. The first-order chi connectivity index (χ1) is 46.5. The van der Waals surface area contributed by atoms with Crippen molar-refractivity contribution in [3.63, 3.8) is 0 Å². The van der Waals surface area contributed by atoms with Crippen LogP contribution in [0.1, 0.15) is 161 Å². The van der Waals surface area contributed by atoms with Gasteiger partial charge in [0.15, 0.2) is 17.5 Å². The van der Waals surface area contributed by atoms with E-state index in [1.165, 1.54) is 88.3 Å². The molecule has 2 aliphatic carbocycles. The van der Waals surface area contributed by atoms with E-state index in [1.54, 1.807) is 0 Å². The zero-order valence-electron chi connectivity index (χ0n) is 59.5. The summed E-state index contributed by atoms with van der Waals surface area (Å²) in [4.78, 5) is 17.1. The van der Waals surface area contributed by atoms with Gasteiger partial charge in [0.25, 0.3) is 0 Å². The summed E-state index contributed by atoms with van der Waals surface area (Å²) < 4.78 is 5.05. The van der Waals surface area contributed by atoms with Gasteiger partial charge in [-0.05, 0) is 203 Å². The van der Waals surface area contributed by atoms with Crippen LogP contribution in [0.15, 0.2) is 218 Å². The maximum atomic E-state index is 10.5. The minimum atomic E-state index is -0.256. The molecule has 0 unspecified atom stereocenters. The van der Waals surface area contributed by atoms with Gasteiger partial charge in [0, 0.05) is 60.2 Å².